The molecule has 0 bridgehead atoms. The average molecular weight is 281 g/mol. The van der Waals surface area contributed by atoms with Crippen molar-refractivity contribution in [1.82, 2.24) is 0 Å². The molecule has 0 fully saturated rings. The highest BCUT2D eigenvalue weighted by atomic mass is 16.5. The van der Waals surface area contributed by atoms with Crippen molar-refractivity contribution in [1.29, 1.82) is 0 Å². The highest BCUT2D eigenvalue weighted by molar-refractivity contribution is 5.95. The minimum atomic E-state index is -0.984. The van der Waals surface area contributed by atoms with Gasteiger partial charge in [0.15, 0.2) is 11.5 Å². The molecule has 0 amide bonds. The summed E-state index contributed by atoms with van der Waals surface area (Å²) in [6.45, 7) is 2.90. The molecule has 5 heteroatoms. The molecule has 1 aromatic carbocycles. The van der Waals surface area contributed by atoms with E-state index in [1.165, 1.54) is 33.1 Å². The normalized spacial score (nSPS) is 10.2. The summed E-state index contributed by atoms with van der Waals surface area (Å²) in [7, 11) is 3.02. The maximum Gasteiger partial charge on any atom is 0.337 e. The van der Waals surface area contributed by atoms with Crippen molar-refractivity contribution in [2.75, 3.05) is 26.1 Å². The highest BCUT2D eigenvalue weighted by Gasteiger charge is 2.15. The van der Waals surface area contributed by atoms with Crippen LogP contribution in [0.5, 0.6) is 11.5 Å². The quantitative estimate of drug-likeness (QED) is 0.679. The molecule has 2 N–H and O–H groups in total. The maximum absolute atomic E-state index is 11.3. The van der Waals surface area contributed by atoms with Crippen molar-refractivity contribution < 1.29 is 19.4 Å². The fourth-order valence-electron chi connectivity index (χ4n) is 1.98. The molecule has 0 saturated carbocycles. The fraction of sp³-hybridized carbons (Fsp3) is 0.533. The Morgan fingerprint density at radius 1 is 1.15 bits per heavy atom. The van der Waals surface area contributed by atoms with Crippen LogP contribution >= 0.6 is 0 Å². The van der Waals surface area contributed by atoms with Crippen molar-refractivity contribution >= 4 is 11.7 Å². The van der Waals surface area contributed by atoms with Gasteiger partial charge in [-0.25, -0.2) is 4.79 Å². The van der Waals surface area contributed by atoms with Gasteiger partial charge >= 0.3 is 5.97 Å². The number of ether oxygens (including phenoxy) is 2. The summed E-state index contributed by atoms with van der Waals surface area (Å²) in [6, 6.07) is 3.15. The lowest BCUT2D eigenvalue weighted by Crippen LogP contribution is -2.08. The number of rotatable bonds is 9. The summed E-state index contributed by atoms with van der Waals surface area (Å²) in [5.41, 5.74) is 0.754. The van der Waals surface area contributed by atoms with E-state index in [0.717, 1.165) is 19.4 Å². The van der Waals surface area contributed by atoms with Crippen LogP contribution in [0.25, 0.3) is 0 Å². The number of unbranched alkanes of at least 4 members (excludes halogenated alkanes) is 3. The van der Waals surface area contributed by atoms with Crippen molar-refractivity contribution in [2.24, 2.45) is 0 Å². The first-order valence-electron chi connectivity index (χ1n) is 6.87. The summed E-state index contributed by atoms with van der Waals surface area (Å²) >= 11 is 0. The number of carboxylic acids is 1. The van der Waals surface area contributed by atoms with E-state index in [-0.39, 0.29) is 5.56 Å². The predicted molar refractivity (Wildman–Crippen MR) is 79.1 cm³/mol. The molecule has 0 spiro atoms. The van der Waals surface area contributed by atoms with Crippen molar-refractivity contribution in [3.05, 3.63) is 17.7 Å². The molecule has 112 valence electrons. The van der Waals surface area contributed by atoms with Gasteiger partial charge in [0.25, 0.3) is 0 Å². The number of aromatic carboxylic acids is 1. The van der Waals surface area contributed by atoms with Gasteiger partial charge in [-0.05, 0) is 6.42 Å². The van der Waals surface area contributed by atoms with Crippen LogP contribution < -0.4 is 14.8 Å². The lowest BCUT2D eigenvalue weighted by Gasteiger charge is -2.14. The monoisotopic (exact) mass is 281 g/mol. The van der Waals surface area contributed by atoms with Crippen LogP contribution in [0.4, 0.5) is 5.69 Å². The van der Waals surface area contributed by atoms with Crippen LogP contribution in [0.3, 0.4) is 0 Å². The average Bonchev–Trinajstić information content (AvgIpc) is 2.46. The summed E-state index contributed by atoms with van der Waals surface area (Å²) in [6.07, 6.45) is 4.52. The number of carbonyl (C=O) groups is 1. The molecule has 5 nitrogen and oxygen atoms in total. The molecule has 0 aliphatic rings. The molecule has 0 unspecified atom stereocenters. The Bertz CT molecular complexity index is 446. The molecule has 1 aromatic rings. The smallest absolute Gasteiger partial charge is 0.337 e. The summed E-state index contributed by atoms with van der Waals surface area (Å²) < 4.78 is 10.3. The van der Waals surface area contributed by atoms with Gasteiger partial charge in [0.1, 0.15) is 0 Å². The number of anilines is 1. The Balaban J connectivity index is 2.84. The van der Waals surface area contributed by atoms with Crippen LogP contribution in [0.1, 0.15) is 43.0 Å². The molecule has 1 rings (SSSR count). The van der Waals surface area contributed by atoms with Crippen molar-refractivity contribution in [2.45, 2.75) is 32.6 Å². The first-order chi connectivity index (χ1) is 9.63. The van der Waals surface area contributed by atoms with Crippen LogP contribution in [-0.4, -0.2) is 31.8 Å². The Labute approximate surface area is 119 Å². The van der Waals surface area contributed by atoms with E-state index < -0.39 is 5.97 Å². The van der Waals surface area contributed by atoms with Gasteiger partial charge in [0.05, 0.1) is 25.5 Å². The van der Waals surface area contributed by atoms with Gasteiger partial charge in [-0.3, -0.25) is 0 Å². The Hall–Kier alpha value is -1.91. The minimum Gasteiger partial charge on any atom is -0.493 e. The van der Waals surface area contributed by atoms with Gasteiger partial charge in [0, 0.05) is 18.7 Å². The van der Waals surface area contributed by atoms with E-state index in [9.17, 15) is 9.90 Å². The van der Waals surface area contributed by atoms with Gasteiger partial charge in [-0.2, -0.15) is 0 Å². The number of nitrogens with one attached hydrogen (secondary N) is 1. The Kier molecular flexibility index (Phi) is 6.70. The predicted octanol–water partition coefficient (Wildman–Crippen LogP) is 3.39. The molecule has 0 atom stereocenters. The van der Waals surface area contributed by atoms with Gasteiger partial charge in [-0.15, -0.1) is 0 Å². The molecular weight excluding hydrogens is 258 g/mol. The second kappa shape index (κ2) is 8.30. The number of carboxylic acid groups (broad SMARTS) is 1. The van der Waals surface area contributed by atoms with Gasteiger partial charge < -0.3 is 19.9 Å². The molecule has 20 heavy (non-hydrogen) atoms. The molecule has 0 heterocycles. The standard InChI is InChI=1S/C15H23NO4/c1-4-5-6-7-8-16-12-10-14(20-3)13(19-2)9-11(12)15(17)18/h9-10,16H,4-8H2,1-3H3,(H,17,18). The van der Waals surface area contributed by atoms with E-state index in [2.05, 4.69) is 12.2 Å². The second-order valence-electron chi connectivity index (χ2n) is 4.55. The van der Waals surface area contributed by atoms with Crippen LogP contribution in [0.2, 0.25) is 0 Å². The summed E-state index contributed by atoms with van der Waals surface area (Å²) in [4.78, 5) is 11.3. The lowest BCUT2D eigenvalue weighted by atomic mass is 10.1. The zero-order valence-electron chi connectivity index (χ0n) is 12.4. The van der Waals surface area contributed by atoms with Crippen molar-refractivity contribution in [3.63, 3.8) is 0 Å². The van der Waals surface area contributed by atoms with E-state index in [0.29, 0.717) is 17.2 Å². The lowest BCUT2D eigenvalue weighted by molar-refractivity contribution is 0.0697. The molecule has 0 radical (unpaired) electrons. The maximum atomic E-state index is 11.3. The van der Waals surface area contributed by atoms with E-state index in [1.54, 1.807) is 6.07 Å². The molecular formula is C15H23NO4. The SMILES string of the molecule is CCCCCCNc1cc(OC)c(OC)cc1C(=O)O. The third-order valence-corrected chi connectivity index (χ3v) is 3.10. The molecule has 0 aromatic heterocycles. The molecule has 0 aliphatic carbocycles. The molecule has 0 aliphatic heterocycles. The van der Waals surface area contributed by atoms with Gasteiger partial charge in [-0.1, -0.05) is 26.2 Å². The Morgan fingerprint density at radius 2 is 1.80 bits per heavy atom. The zero-order chi connectivity index (χ0) is 15.0. The summed E-state index contributed by atoms with van der Waals surface area (Å²) in [5.74, 6) is -0.0444. The number of benzene rings is 1. The van der Waals surface area contributed by atoms with E-state index >= 15 is 0 Å². The van der Waals surface area contributed by atoms with Crippen molar-refractivity contribution in [3.8, 4) is 11.5 Å². The second-order valence-corrected chi connectivity index (χ2v) is 4.55. The third kappa shape index (κ3) is 4.33. The minimum absolute atomic E-state index is 0.193. The Morgan fingerprint density at radius 3 is 2.35 bits per heavy atom. The number of methoxy groups -OCH3 is 2. The van der Waals surface area contributed by atoms with Crippen LogP contribution in [0, 0.1) is 0 Å². The van der Waals surface area contributed by atoms with Gasteiger partial charge in [0.2, 0.25) is 0 Å². The molecule has 0 saturated heterocycles. The largest absolute Gasteiger partial charge is 0.493 e. The zero-order valence-corrected chi connectivity index (χ0v) is 12.4. The van der Waals surface area contributed by atoms with Crippen LogP contribution in [-0.2, 0) is 0 Å². The fourth-order valence-corrected chi connectivity index (χ4v) is 1.98. The topological polar surface area (TPSA) is 67.8 Å². The first-order valence-corrected chi connectivity index (χ1v) is 6.87. The highest BCUT2D eigenvalue weighted by Crippen LogP contribution is 2.33. The number of hydrogen-bond donors (Lipinski definition) is 2. The van der Waals surface area contributed by atoms with Crippen LogP contribution in [0.15, 0.2) is 12.1 Å². The first kappa shape index (κ1) is 16.1. The van der Waals surface area contributed by atoms with E-state index in [1.807, 2.05) is 0 Å². The van der Waals surface area contributed by atoms with E-state index in [4.69, 9.17) is 9.47 Å². The number of hydrogen-bond acceptors (Lipinski definition) is 4. The third-order valence-electron chi connectivity index (χ3n) is 3.10. The summed E-state index contributed by atoms with van der Waals surface area (Å²) in [5, 5.41) is 12.4.